The van der Waals surface area contributed by atoms with E-state index >= 15 is 0 Å². The number of hydrogen-bond donors (Lipinski definition) is 1. The maximum Gasteiger partial charge on any atom is 0.390 e. The minimum absolute atomic E-state index is 0.208. The van der Waals surface area contributed by atoms with Crippen molar-refractivity contribution in [2.24, 2.45) is 4.99 Å². The normalized spacial score (nSPS) is 12.7. The van der Waals surface area contributed by atoms with Gasteiger partial charge in [-0.2, -0.15) is 13.2 Å². The van der Waals surface area contributed by atoms with Gasteiger partial charge < -0.3 is 14.6 Å². The Morgan fingerprint density at radius 3 is 2.68 bits per heavy atom. The summed E-state index contributed by atoms with van der Waals surface area (Å²) in [7, 11) is 3.28. The van der Waals surface area contributed by atoms with Crippen molar-refractivity contribution >= 4 is 16.9 Å². The van der Waals surface area contributed by atoms with Crippen LogP contribution in [0.15, 0.2) is 39.7 Å². The van der Waals surface area contributed by atoms with Crippen molar-refractivity contribution in [3.63, 3.8) is 0 Å². The number of alkyl halides is 3. The summed E-state index contributed by atoms with van der Waals surface area (Å²) in [6.45, 7) is 0.209. The molecule has 0 saturated carbocycles. The largest absolute Gasteiger partial charge is 0.459 e. The molecule has 0 amide bonds. The first kappa shape index (κ1) is 16.2. The molecule has 0 spiro atoms. The molecule has 1 N–H and O–H groups in total. The number of hydrogen-bond acceptors (Lipinski definition) is 2. The van der Waals surface area contributed by atoms with Crippen LogP contribution in [0.2, 0.25) is 0 Å². The van der Waals surface area contributed by atoms with Crippen LogP contribution in [-0.2, 0) is 6.54 Å². The number of nitrogens with one attached hydrogen (secondary N) is 1. The zero-order chi connectivity index (χ0) is 16.2. The van der Waals surface area contributed by atoms with Gasteiger partial charge in [-0.15, -0.1) is 0 Å². The Kier molecular flexibility index (Phi) is 4.95. The zero-order valence-corrected chi connectivity index (χ0v) is 12.4. The number of benzene rings is 1. The van der Waals surface area contributed by atoms with Gasteiger partial charge in [0.05, 0.1) is 13.0 Å². The molecule has 2 rings (SSSR count). The fraction of sp³-hybridized carbons (Fsp3) is 0.400. The summed E-state index contributed by atoms with van der Waals surface area (Å²) >= 11 is 0. The molecule has 1 aromatic heterocycles. The molecule has 0 aliphatic rings. The average molecular weight is 313 g/mol. The van der Waals surface area contributed by atoms with E-state index in [1.54, 1.807) is 11.9 Å². The molecule has 1 heterocycles. The van der Waals surface area contributed by atoms with Gasteiger partial charge in [-0.05, 0) is 12.1 Å². The lowest BCUT2D eigenvalue weighted by molar-refractivity contribution is -0.132. The minimum atomic E-state index is -4.18. The van der Waals surface area contributed by atoms with Crippen LogP contribution in [0.25, 0.3) is 11.0 Å². The third-order valence-corrected chi connectivity index (χ3v) is 3.13. The van der Waals surface area contributed by atoms with Crippen LogP contribution in [0.4, 0.5) is 13.2 Å². The number of halogens is 3. The summed E-state index contributed by atoms with van der Waals surface area (Å²) in [6, 6.07) is 9.53. The van der Waals surface area contributed by atoms with Crippen LogP contribution in [0.5, 0.6) is 0 Å². The molecule has 0 aliphatic carbocycles. The predicted octanol–water partition coefficient (Wildman–Crippen LogP) is 3.39. The van der Waals surface area contributed by atoms with E-state index < -0.39 is 12.6 Å². The highest BCUT2D eigenvalue weighted by Crippen LogP contribution is 2.20. The zero-order valence-electron chi connectivity index (χ0n) is 12.4. The summed E-state index contributed by atoms with van der Waals surface area (Å²) in [4.78, 5) is 5.70. The second-order valence-corrected chi connectivity index (χ2v) is 4.95. The molecule has 0 radical (unpaired) electrons. The first-order valence-corrected chi connectivity index (χ1v) is 6.85. The third kappa shape index (κ3) is 4.41. The van der Waals surface area contributed by atoms with E-state index in [0.29, 0.717) is 12.5 Å². The highest BCUT2D eigenvalue weighted by Gasteiger charge is 2.26. The maximum absolute atomic E-state index is 12.2. The van der Waals surface area contributed by atoms with Crippen molar-refractivity contribution in [1.29, 1.82) is 0 Å². The van der Waals surface area contributed by atoms with Crippen molar-refractivity contribution in [2.75, 3.05) is 20.6 Å². The van der Waals surface area contributed by atoms with Gasteiger partial charge in [-0.25, -0.2) is 0 Å². The second-order valence-electron chi connectivity index (χ2n) is 4.95. The van der Waals surface area contributed by atoms with Crippen LogP contribution in [0, 0.1) is 0 Å². The van der Waals surface area contributed by atoms with E-state index in [1.807, 2.05) is 30.3 Å². The average Bonchev–Trinajstić information content (AvgIpc) is 2.84. The summed E-state index contributed by atoms with van der Waals surface area (Å²) < 4.78 is 42.2. The Labute approximate surface area is 126 Å². The van der Waals surface area contributed by atoms with Gasteiger partial charge in [-0.1, -0.05) is 18.2 Å². The van der Waals surface area contributed by atoms with Gasteiger partial charge in [-0.3, -0.25) is 4.99 Å². The lowest BCUT2D eigenvalue weighted by Crippen LogP contribution is -2.39. The molecule has 0 aliphatic heterocycles. The Balaban J connectivity index is 1.95. The van der Waals surface area contributed by atoms with Gasteiger partial charge in [0.1, 0.15) is 11.3 Å². The van der Waals surface area contributed by atoms with E-state index in [9.17, 15) is 13.2 Å². The van der Waals surface area contributed by atoms with Crippen LogP contribution in [0.1, 0.15) is 12.2 Å². The van der Waals surface area contributed by atoms with Gasteiger partial charge in [0.2, 0.25) is 0 Å². The topological polar surface area (TPSA) is 40.8 Å². The van der Waals surface area contributed by atoms with Gasteiger partial charge >= 0.3 is 6.18 Å². The SMILES string of the molecule is CN=C(NCCC(F)(F)F)N(C)Cc1cc2ccccc2o1. The molecule has 0 unspecified atom stereocenters. The predicted molar refractivity (Wildman–Crippen MR) is 79.7 cm³/mol. The molecule has 0 saturated heterocycles. The first-order valence-electron chi connectivity index (χ1n) is 6.85. The highest BCUT2D eigenvalue weighted by molar-refractivity contribution is 5.80. The summed E-state index contributed by atoms with van der Waals surface area (Å²) in [5.74, 6) is 1.12. The molecular formula is C15H18F3N3O. The second kappa shape index (κ2) is 6.72. The van der Waals surface area contributed by atoms with E-state index in [0.717, 1.165) is 16.7 Å². The number of guanidine groups is 1. The highest BCUT2D eigenvalue weighted by atomic mass is 19.4. The van der Waals surface area contributed by atoms with Crippen molar-refractivity contribution in [1.82, 2.24) is 10.2 Å². The van der Waals surface area contributed by atoms with E-state index in [-0.39, 0.29) is 6.54 Å². The van der Waals surface area contributed by atoms with Gasteiger partial charge in [0.15, 0.2) is 5.96 Å². The standard InChI is InChI=1S/C15H18F3N3O/c1-19-14(20-8-7-15(16,17)18)21(2)10-12-9-11-5-3-4-6-13(11)22-12/h3-6,9H,7-8,10H2,1-2H3,(H,19,20). The van der Waals surface area contributed by atoms with Crippen LogP contribution < -0.4 is 5.32 Å². The number of rotatable bonds is 4. The molecule has 2 aromatic rings. The first-order chi connectivity index (χ1) is 10.4. The monoisotopic (exact) mass is 313 g/mol. The lowest BCUT2D eigenvalue weighted by Gasteiger charge is -2.21. The summed E-state index contributed by atoms with van der Waals surface area (Å²) in [5.41, 5.74) is 0.783. The number of nitrogens with zero attached hydrogens (tertiary/aromatic N) is 2. The van der Waals surface area contributed by atoms with Crippen LogP contribution in [-0.4, -0.2) is 37.7 Å². The number of furan rings is 1. The van der Waals surface area contributed by atoms with E-state index in [4.69, 9.17) is 4.42 Å². The molecule has 0 atom stereocenters. The maximum atomic E-state index is 12.2. The summed E-state index contributed by atoms with van der Waals surface area (Å²) in [5, 5.41) is 3.69. The van der Waals surface area contributed by atoms with Crippen molar-refractivity contribution in [3.8, 4) is 0 Å². The van der Waals surface area contributed by atoms with Gasteiger partial charge in [0.25, 0.3) is 0 Å². The van der Waals surface area contributed by atoms with E-state index in [2.05, 4.69) is 10.3 Å². The lowest BCUT2D eigenvalue weighted by atomic mass is 10.2. The Hall–Kier alpha value is -2.18. The Morgan fingerprint density at radius 1 is 1.32 bits per heavy atom. The van der Waals surface area contributed by atoms with Crippen molar-refractivity contribution < 1.29 is 17.6 Å². The van der Waals surface area contributed by atoms with E-state index in [1.165, 1.54) is 7.05 Å². The summed E-state index contributed by atoms with van der Waals surface area (Å²) in [6.07, 6.45) is -5.08. The van der Waals surface area contributed by atoms with Crippen LogP contribution in [0.3, 0.4) is 0 Å². The van der Waals surface area contributed by atoms with Crippen LogP contribution >= 0.6 is 0 Å². The molecule has 0 bridgehead atoms. The smallest absolute Gasteiger partial charge is 0.390 e. The quantitative estimate of drug-likeness (QED) is 0.695. The molecule has 0 fully saturated rings. The molecule has 1 aromatic carbocycles. The fourth-order valence-corrected chi connectivity index (χ4v) is 2.12. The molecule has 22 heavy (non-hydrogen) atoms. The Morgan fingerprint density at radius 2 is 2.05 bits per heavy atom. The molecule has 4 nitrogen and oxygen atoms in total. The van der Waals surface area contributed by atoms with Gasteiger partial charge in [0, 0.05) is 26.0 Å². The molecule has 7 heteroatoms. The fourth-order valence-electron chi connectivity index (χ4n) is 2.12. The van der Waals surface area contributed by atoms with Crippen molar-refractivity contribution in [3.05, 3.63) is 36.1 Å². The third-order valence-electron chi connectivity index (χ3n) is 3.13. The molecule has 120 valence electrons. The number of para-hydroxylation sites is 1. The minimum Gasteiger partial charge on any atom is -0.459 e. The number of aliphatic imine (C=N–C) groups is 1. The molecular weight excluding hydrogens is 295 g/mol. The number of fused-ring (bicyclic) bond motifs is 1. The van der Waals surface area contributed by atoms with Crippen molar-refractivity contribution in [2.45, 2.75) is 19.1 Å². The Bertz CT molecular complexity index is 616.